The summed E-state index contributed by atoms with van der Waals surface area (Å²) in [7, 11) is 0. The fourth-order valence-corrected chi connectivity index (χ4v) is 1.78. The Balaban J connectivity index is 1.75. The Labute approximate surface area is 111 Å². The smallest absolute Gasteiger partial charge is 0.342 e. The molecule has 0 bridgehead atoms. The van der Waals surface area contributed by atoms with Gasteiger partial charge in [0.2, 0.25) is 12.3 Å². The average molecular weight is 273 g/mol. The Morgan fingerprint density at radius 3 is 2.40 bits per heavy atom. The summed E-state index contributed by atoms with van der Waals surface area (Å²) in [5, 5.41) is 7.33. The monoisotopic (exact) mass is 273 g/mol. The zero-order valence-corrected chi connectivity index (χ0v) is 9.98. The standard InChI is InChI=1S/C12H7N3O5/c16-10(5-9-14-13-6-19-9)20-15-11(17)7-3-1-2-4-8(7)12(15)18/h1-4,6H,5H2. The number of rotatable bonds is 3. The lowest BCUT2D eigenvalue weighted by Gasteiger charge is -2.11. The first-order chi connectivity index (χ1) is 9.66. The van der Waals surface area contributed by atoms with Crippen molar-refractivity contribution >= 4 is 17.8 Å². The van der Waals surface area contributed by atoms with E-state index in [0.717, 1.165) is 6.39 Å². The first kappa shape index (κ1) is 12.0. The zero-order chi connectivity index (χ0) is 14.1. The lowest BCUT2D eigenvalue weighted by molar-refractivity contribution is -0.168. The maximum absolute atomic E-state index is 11.9. The molecule has 0 saturated heterocycles. The van der Waals surface area contributed by atoms with Crippen molar-refractivity contribution in [3.8, 4) is 0 Å². The molecule has 1 aliphatic rings. The predicted octanol–water partition coefficient (Wildman–Crippen LogP) is 0.367. The quantitative estimate of drug-likeness (QED) is 0.744. The third-order valence-corrected chi connectivity index (χ3v) is 2.65. The van der Waals surface area contributed by atoms with Gasteiger partial charge in [-0.15, -0.1) is 10.2 Å². The third kappa shape index (κ3) is 1.92. The number of carbonyl (C=O) groups excluding carboxylic acids is 3. The molecule has 1 aromatic heterocycles. The van der Waals surface area contributed by atoms with Crippen molar-refractivity contribution in [1.29, 1.82) is 0 Å². The van der Waals surface area contributed by atoms with Crippen molar-refractivity contribution in [1.82, 2.24) is 15.3 Å². The topological polar surface area (TPSA) is 103 Å². The van der Waals surface area contributed by atoms with Crippen molar-refractivity contribution in [2.45, 2.75) is 6.42 Å². The second-order valence-electron chi connectivity index (χ2n) is 3.92. The van der Waals surface area contributed by atoms with E-state index in [9.17, 15) is 14.4 Å². The summed E-state index contributed by atoms with van der Waals surface area (Å²) < 4.78 is 4.77. The SMILES string of the molecule is O=C(Cc1nnco1)ON1C(=O)c2ccccc2C1=O. The molecule has 0 N–H and O–H groups in total. The van der Waals surface area contributed by atoms with Crippen LogP contribution in [0.15, 0.2) is 35.1 Å². The van der Waals surface area contributed by atoms with Crippen LogP contribution in [0, 0.1) is 0 Å². The molecule has 2 heterocycles. The lowest BCUT2D eigenvalue weighted by Crippen LogP contribution is -2.33. The van der Waals surface area contributed by atoms with E-state index in [1.165, 1.54) is 12.1 Å². The minimum atomic E-state index is -0.844. The highest BCUT2D eigenvalue weighted by molar-refractivity contribution is 6.20. The Bertz CT molecular complexity index is 660. The van der Waals surface area contributed by atoms with E-state index in [-0.39, 0.29) is 23.4 Å². The van der Waals surface area contributed by atoms with Crippen LogP contribution in [0.1, 0.15) is 26.6 Å². The third-order valence-electron chi connectivity index (χ3n) is 2.65. The minimum Gasteiger partial charge on any atom is -0.427 e. The van der Waals surface area contributed by atoms with Gasteiger partial charge in [-0.2, -0.15) is 0 Å². The fraction of sp³-hybridized carbons (Fsp3) is 0.0833. The molecule has 2 aromatic rings. The Kier molecular flexibility index (Phi) is 2.75. The molecule has 1 aliphatic heterocycles. The van der Waals surface area contributed by atoms with Crippen LogP contribution in [0.5, 0.6) is 0 Å². The Hall–Kier alpha value is -3.03. The van der Waals surface area contributed by atoms with Crippen molar-refractivity contribution in [3.63, 3.8) is 0 Å². The van der Waals surface area contributed by atoms with Gasteiger partial charge in [-0.05, 0) is 12.1 Å². The van der Waals surface area contributed by atoms with E-state index >= 15 is 0 Å². The second-order valence-corrected chi connectivity index (χ2v) is 3.92. The summed E-state index contributed by atoms with van der Waals surface area (Å²) in [6, 6.07) is 6.21. The van der Waals surface area contributed by atoms with Crippen molar-refractivity contribution < 1.29 is 23.6 Å². The predicted molar refractivity (Wildman–Crippen MR) is 61.0 cm³/mol. The summed E-state index contributed by atoms with van der Waals surface area (Å²) in [6.45, 7) is 0. The number of hydrogen-bond donors (Lipinski definition) is 0. The molecular weight excluding hydrogens is 266 g/mol. The Morgan fingerprint density at radius 1 is 1.20 bits per heavy atom. The van der Waals surface area contributed by atoms with Gasteiger partial charge in [0.1, 0.15) is 6.42 Å². The number of fused-ring (bicyclic) bond motifs is 1. The van der Waals surface area contributed by atoms with E-state index in [4.69, 9.17) is 9.25 Å². The highest BCUT2D eigenvalue weighted by Gasteiger charge is 2.38. The lowest BCUT2D eigenvalue weighted by atomic mass is 10.1. The van der Waals surface area contributed by atoms with Gasteiger partial charge in [0.15, 0.2) is 0 Å². The van der Waals surface area contributed by atoms with Crippen LogP contribution in [0.2, 0.25) is 0 Å². The van der Waals surface area contributed by atoms with Gasteiger partial charge in [0, 0.05) is 0 Å². The maximum Gasteiger partial charge on any atom is 0.342 e. The molecule has 0 spiro atoms. The molecule has 0 unspecified atom stereocenters. The van der Waals surface area contributed by atoms with Crippen LogP contribution >= 0.6 is 0 Å². The molecule has 100 valence electrons. The molecule has 3 rings (SSSR count). The van der Waals surface area contributed by atoms with E-state index in [2.05, 4.69) is 10.2 Å². The van der Waals surface area contributed by atoms with Gasteiger partial charge in [0.05, 0.1) is 11.1 Å². The van der Waals surface area contributed by atoms with Gasteiger partial charge in [-0.3, -0.25) is 9.59 Å². The summed E-state index contributed by atoms with van der Waals surface area (Å²) in [4.78, 5) is 40.2. The fourth-order valence-electron chi connectivity index (χ4n) is 1.78. The van der Waals surface area contributed by atoms with Crippen molar-refractivity contribution in [2.75, 3.05) is 0 Å². The number of imide groups is 1. The van der Waals surface area contributed by atoms with Crippen LogP contribution in [0.4, 0.5) is 0 Å². The number of hydroxylamine groups is 2. The highest BCUT2D eigenvalue weighted by Crippen LogP contribution is 2.22. The first-order valence-electron chi connectivity index (χ1n) is 5.60. The van der Waals surface area contributed by atoms with Gasteiger partial charge in [-0.25, -0.2) is 4.79 Å². The van der Waals surface area contributed by atoms with E-state index in [1.54, 1.807) is 12.1 Å². The molecular formula is C12H7N3O5. The number of hydrogen-bond acceptors (Lipinski definition) is 7. The normalized spacial score (nSPS) is 13.5. The first-order valence-corrected chi connectivity index (χ1v) is 5.60. The number of benzene rings is 1. The molecule has 8 heteroatoms. The van der Waals surface area contributed by atoms with Crippen molar-refractivity contribution in [2.24, 2.45) is 0 Å². The molecule has 1 aromatic carbocycles. The number of nitrogens with zero attached hydrogens (tertiary/aromatic N) is 3. The van der Waals surface area contributed by atoms with Crippen LogP contribution in [0.25, 0.3) is 0 Å². The summed E-state index contributed by atoms with van der Waals surface area (Å²) in [5.41, 5.74) is 0.395. The molecule has 0 fully saturated rings. The number of carbonyl (C=O) groups is 3. The summed E-state index contributed by atoms with van der Waals surface area (Å²) in [6.07, 6.45) is 0.734. The average Bonchev–Trinajstić information content (AvgIpc) is 3.03. The highest BCUT2D eigenvalue weighted by atomic mass is 16.7. The molecule has 0 atom stereocenters. The molecule has 0 saturated carbocycles. The van der Waals surface area contributed by atoms with Crippen LogP contribution in [0.3, 0.4) is 0 Å². The van der Waals surface area contributed by atoms with Gasteiger partial charge in [0.25, 0.3) is 11.8 Å². The largest absolute Gasteiger partial charge is 0.427 e. The summed E-state index contributed by atoms with van der Waals surface area (Å²) >= 11 is 0. The molecule has 20 heavy (non-hydrogen) atoms. The zero-order valence-electron chi connectivity index (χ0n) is 9.98. The molecule has 8 nitrogen and oxygen atoms in total. The van der Waals surface area contributed by atoms with Gasteiger partial charge in [-0.1, -0.05) is 17.2 Å². The van der Waals surface area contributed by atoms with Gasteiger partial charge >= 0.3 is 5.97 Å². The summed E-state index contributed by atoms with van der Waals surface area (Å²) in [5.74, 6) is -2.16. The minimum absolute atomic E-state index is 0.0339. The molecule has 2 amide bonds. The maximum atomic E-state index is 11.9. The number of amides is 2. The molecule has 0 radical (unpaired) electrons. The van der Waals surface area contributed by atoms with E-state index in [0.29, 0.717) is 5.06 Å². The van der Waals surface area contributed by atoms with Crippen LogP contribution in [-0.2, 0) is 16.1 Å². The van der Waals surface area contributed by atoms with Crippen LogP contribution in [-0.4, -0.2) is 33.0 Å². The number of aromatic nitrogens is 2. The van der Waals surface area contributed by atoms with Crippen molar-refractivity contribution in [3.05, 3.63) is 47.7 Å². The van der Waals surface area contributed by atoms with E-state index < -0.39 is 17.8 Å². The second kappa shape index (κ2) is 4.57. The van der Waals surface area contributed by atoms with Gasteiger partial charge < -0.3 is 9.25 Å². The van der Waals surface area contributed by atoms with Crippen LogP contribution < -0.4 is 0 Å². The Morgan fingerprint density at radius 2 is 1.85 bits per heavy atom. The molecule has 0 aliphatic carbocycles. The van der Waals surface area contributed by atoms with E-state index in [1.807, 2.05) is 0 Å².